The molecule has 0 radical (unpaired) electrons. The molecule has 0 N–H and O–H groups in total. The van der Waals surface area contributed by atoms with Crippen LogP contribution < -0.4 is 5.46 Å². The first-order chi connectivity index (χ1) is 5.81. The van der Waals surface area contributed by atoms with Crippen LogP contribution in [0.1, 0.15) is 0 Å². The van der Waals surface area contributed by atoms with Gasteiger partial charge in [0.15, 0.2) is 0 Å². The summed E-state index contributed by atoms with van der Waals surface area (Å²) in [6.45, 7) is 0. The third-order valence-electron chi connectivity index (χ3n) is 1.91. The van der Waals surface area contributed by atoms with Crippen molar-refractivity contribution in [2.75, 3.05) is 0 Å². The molecule has 4 heteroatoms. The van der Waals surface area contributed by atoms with Gasteiger partial charge in [0.25, 0.3) is 0 Å². The molecular formula is C8H7BN2O. The molecular weight excluding hydrogens is 151 g/mol. The molecule has 12 heavy (non-hydrogen) atoms. The monoisotopic (exact) mass is 158 g/mol. The minimum absolute atomic E-state index is 0.690. The van der Waals surface area contributed by atoms with E-state index in [4.69, 9.17) is 0 Å². The second-order valence-electron chi connectivity index (χ2n) is 2.70. The SMILES string of the molecule is Cn1ncc2cc(B=O)ccc21. The van der Waals surface area contributed by atoms with Crippen molar-refractivity contribution >= 4 is 23.5 Å². The number of hydrogen-bond acceptors (Lipinski definition) is 2. The van der Waals surface area contributed by atoms with Crippen molar-refractivity contribution < 1.29 is 4.70 Å². The molecule has 0 amide bonds. The first kappa shape index (κ1) is 7.22. The molecule has 0 saturated heterocycles. The average molecular weight is 158 g/mol. The molecule has 58 valence electrons. The fourth-order valence-corrected chi connectivity index (χ4v) is 1.26. The molecule has 0 atom stereocenters. The number of rotatable bonds is 1. The van der Waals surface area contributed by atoms with Crippen LogP contribution in [-0.4, -0.2) is 16.9 Å². The van der Waals surface area contributed by atoms with Crippen LogP contribution in [0.5, 0.6) is 0 Å². The van der Waals surface area contributed by atoms with Crippen molar-refractivity contribution in [3.05, 3.63) is 24.4 Å². The Morgan fingerprint density at radius 3 is 3.08 bits per heavy atom. The molecule has 1 aromatic carbocycles. The van der Waals surface area contributed by atoms with E-state index in [0.29, 0.717) is 5.46 Å². The Bertz CT molecular complexity index is 436. The van der Waals surface area contributed by atoms with Gasteiger partial charge in [-0.2, -0.15) is 0 Å². The maximum atomic E-state index is 10.4. The zero-order chi connectivity index (χ0) is 8.55. The van der Waals surface area contributed by atoms with E-state index in [-0.39, 0.29) is 0 Å². The fraction of sp³-hybridized carbons (Fsp3) is 0.125. The van der Waals surface area contributed by atoms with Gasteiger partial charge >= 0.3 is 69.4 Å². The zero-order valence-electron chi connectivity index (χ0n) is 6.69. The van der Waals surface area contributed by atoms with E-state index >= 15 is 0 Å². The van der Waals surface area contributed by atoms with E-state index < -0.39 is 0 Å². The number of aryl methyl sites for hydroxylation is 1. The van der Waals surface area contributed by atoms with E-state index in [0.717, 1.165) is 18.1 Å². The molecule has 1 heterocycles. The normalized spacial score (nSPS) is 10.1. The van der Waals surface area contributed by atoms with Crippen LogP contribution in [0.2, 0.25) is 0 Å². The van der Waals surface area contributed by atoms with Gasteiger partial charge in [-0.3, -0.25) is 0 Å². The van der Waals surface area contributed by atoms with E-state index in [1.807, 2.05) is 19.2 Å². The summed E-state index contributed by atoms with van der Waals surface area (Å²) in [7, 11) is 2.72. The minimum atomic E-state index is 0.690. The molecule has 0 aliphatic heterocycles. The topological polar surface area (TPSA) is 34.9 Å². The average Bonchev–Trinajstić information content (AvgIpc) is 2.47. The summed E-state index contributed by atoms with van der Waals surface area (Å²) in [5.41, 5.74) is 1.73. The quantitative estimate of drug-likeness (QED) is 0.557. The third kappa shape index (κ3) is 0.960. The predicted octanol–water partition coefficient (Wildman–Crippen LogP) is 0.248. The third-order valence-corrected chi connectivity index (χ3v) is 1.91. The summed E-state index contributed by atoms with van der Waals surface area (Å²) >= 11 is 0. The van der Waals surface area contributed by atoms with Gasteiger partial charge in [0.05, 0.1) is 0 Å². The Hall–Kier alpha value is -1.45. The van der Waals surface area contributed by atoms with E-state index in [1.165, 1.54) is 0 Å². The number of hydrogen-bond donors (Lipinski definition) is 0. The second-order valence-corrected chi connectivity index (χ2v) is 2.70. The first-order valence-electron chi connectivity index (χ1n) is 3.68. The van der Waals surface area contributed by atoms with Gasteiger partial charge in [0.2, 0.25) is 0 Å². The fourth-order valence-electron chi connectivity index (χ4n) is 1.26. The number of fused-ring (bicyclic) bond motifs is 1. The number of nitrogens with zero attached hydrogens (tertiary/aromatic N) is 2. The number of aromatic nitrogens is 2. The molecule has 0 aliphatic rings. The summed E-state index contributed by atoms with van der Waals surface area (Å²) in [5, 5.41) is 5.07. The van der Waals surface area contributed by atoms with Crippen LogP contribution in [0.25, 0.3) is 10.9 Å². The van der Waals surface area contributed by atoms with Crippen LogP contribution in [0.15, 0.2) is 24.4 Å². The van der Waals surface area contributed by atoms with Gasteiger partial charge in [-0.25, -0.2) is 0 Å². The standard InChI is InChI=1S/C8H7BN2O/c1-11-8-3-2-7(9-12)4-6(8)5-10-11/h2-5H,1H3. The van der Waals surface area contributed by atoms with Crippen LogP contribution in [0.3, 0.4) is 0 Å². The molecule has 2 aromatic rings. The van der Waals surface area contributed by atoms with Crippen LogP contribution in [0, 0.1) is 0 Å². The Labute approximate surface area is 70.2 Å². The van der Waals surface area contributed by atoms with E-state index in [1.54, 1.807) is 16.9 Å². The molecule has 2 rings (SSSR count). The molecule has 3 nitrogen and oxygen atoms in total. The first-order valence-corrected chi connectivity index (χ1v) is 3.68. The summed E-state index contributed by atoms with van der Waals surface area (Å²) in [6, 6.07) is 5.51. The Balaban J connectivity index is 2.77. The molecule has 0 fully saturated rings. The van der Waals surface area contributed by atoms with Crippen molar-refractivity contribution in [1.29, 1.82) is 0 Å². The van der Waals surface area contributed by atoms with Gasteiger partial charge in [0.1, 0.15) is 0 Å². The maximum absolute atomic E-state index is 10.4. The zero-order valence-corrected chi connectivity index (χ0v) is 6.69. The summed E-state index contributed by atoms with van der Waals surface area (Å²) in [6.07, 6.45) is 1.75. The molecule has 0 saturated carbocycles. The van der Waals surface area contributed by atoms with Gasteiger partial charge in [-0.1, -0.05) is 0 Å². The predicted molar refractivity (Wildman–Crippen MR) is 46.8 cm³/mol. The van der Waals surface area contributed by atoms with Gasteiger partial charge < -0.3 is 0 Å². The summed E-state index contributed by atoms with van der Waals surface area (Å²) in [4.78, 5) is 0. The molecule has 0 bridgehead atoms. The van der Waals surface area contributed by atoms with Gasteiger partial charge in [0, 0.05) is 0 Å². The molecule has 1 aromatic heterocycles. The van der Waals surface area contributed by atoms with Crippen molar-refractivity contribution in [3.8, 4) is 0 Å². The van der Waals surface area contributed by atoms with Crippen molar-refractivity contribution in [3.63, 3.8) is 0 Å². The van der Waals surface area contributed by atoms with Gasteiger partial charge in [-0.15, -0.1) is 0 Å². The van der Waals surface area contributed by atoms with Crippen molar-refractivity contribution in [2.45, 2.75) is 0 Å². The second kappa shape index (κ2) is 2.55. The van der Waals surface area contributed by atoms with Crippen molar-refractivity contribution in [1.82, 2.24) is 9.78 Å². The van der Waals surface area contributed by atoms with Crippen LogP contribution in [-0.2, 0) is 11.8 Å². The van der Waals surface area contributed by atoms with E-state index in [2.05, 4.69) is 5.10 Å². The Morgan fingerprint density at radius 1 is 1.50 bits per heavy atom. The molecule has 0 aliphatic carbocycles. The van der Waals surface area contributed by atoms with E-state index in [9.17, 15) is 4.70 Å². The number of benzene rings is 1. The Morgan fingerprint density at radius 2 is 2.33 bits per heavy atom. The summed E-state index contributed by atoms with van der Waals surface area (Å²) < 4.78 is 12.2. The van der Waals surface area contributed by atoms with Crippen LogP contribution in [0.4, 0.5) is 0 Å². The Kier molecular flexibility index (Phi) is 1.53. The summed E-state index contributed by atoms with van der Waals surface area (Å²) in [5.74, 6) is 0. The van der Waals surface area contributed by atoms with Crippen LogP contribution >= 0.6 is 0 Å². The molecule has 0 unspecified atom stereocenters. The van der Waals surface area contributed by atoms with Crippen molar-refractivity contribution in [2.24, 2.45) is 7.05 Å². The van der Waals surface area contributed by atoms with Gasteiger partial charge in [-0.05, 0) is 0 Å². The molecule has 0 spiro atoms.